The van der Waals surface area contributed by atoms with E-state index in [0.717, 1.165) is 40.2 Å². The van der Waals surface area contributed by atoms with Crippen LogP contribution in [0, 0.1) is 0 Å². The van der Waals surface area contributed by atoms with Crippen molar-refractivity contribution >= 4 is 46.3 Å². The molecule has 2 N–H and O–H groups in total. The average Bonchev–Trinajstić information content (AvgIpc) is 2.93. The Morgan fingerprint density at radius 1 is 0.833 bits per heavy atom. The predicted molar refractivity (Wildman–Crippen MR) is 141 cm³/mol. The van der Waals surface area contributed by atoms with Gasteiger partial charge in [0.25, 0.3) is 0 Å². The lowest BCUT2D eigenvalue weighted by Crippen LogP contribution is -2.39. The number of carbonyl (C=O) groups excluding carboxylic acids is 2. The molecule has 0 saturated carbocycles. The SMILES string of the molecule is Clc1cnc2nc1Nc1cccc(c1)OCCc1cc(cc(-c3ccncc3)c1)N2.O=C(C(=O)C(F)(F)F)C(F)(F)F. The number of carbonyl (C=O) groups is 2. The lowest BCUT2D eigenvalue weighted by atomic mass is 10.0. The van der Waals surface area contributed by atoms with Crippen LogP contribution in [-0.4, -0.2) is 45.5 Å². The summed E-state index contributed by atoms with van der Waals surface area (Å²) in [6.07, 6.45) is -5.62. The largest absolute Gasteiger partial charge is 0.493 e. The molecule has 218 valence electrons. The van der Waals surface area contributed by atoms with Crippen molar-refractivity contribution in [3.63, 3.8) is 0 Å². The molecular formula is C27H18ClF6N5O3. The number of halogens is 7. The van der Waals surface area contributed by atoms with Crippen molar-refractivity contribution in [1.82, 2.24) is 15.0 Å². The van der Waals surface area contributed by atoms with Crippen LogP contribution in [0.1, 0.15) is 5.56 Å². The van der Waals surface area contributed by atoms with Gasteiger partial charge in [-0.25, -0.2) is 4.98 Å². The highest BCUT2D eigenvalue weighted by molar-refractivity contribution is 6.41. The first-order valence-corrected chi connectivity index (χ1v) is 12.2. The first-order valence-electron chi connectivity index (χ1n) is 11.9. The van der Waals surface area contributed by atoms with Crippen molar-refractivity contribution < 1.29 is 40.7 Å². The molecule has 0 atom stereocenters. The van der Waals surface area contributed by atoms with Gasteiger partial charge in [-0.3, -0.25) is 14.6 Å². The molecule has 0 spiro atoms. The van der Waals surface area contributed by atoms with Gasteiger partial charge in [0.05, 0.1) is 12.8 Å². The maximum atomic E-state index is 11.2. The van der Waals surface area contributed by atoms with Crippen molar-refractivity contribution in [1.29, 1.82) is 0 Å². The highest BCUT2D eigenvalue weighted by Crippen LogP contribution is 2.30. The second kappa shape index (κ2) is 12.4. The number of hydrogen-bond acceptors (Lipinski definition) is 8. The minimum absolute atomic E-state index is 0.435. The molecule has 2 aromatic carbocycles. The van der Waals surface area contributed by atoms with E-state index in [1.54, 1.807) is 18.6 Å². The summed E-state index contributed by atoms with van der Waals surface area (Å²) in [6.45, 7) is 0.561. The third-order valence-corrected chi connectivity index (χ3v) is 5.76. The van der Waals surface area contributed by atoms with E-state index >= 15 is 0 Å². The fourth-order valence-electron chi connectivity index (χ4n) is 3.61. The molecule has 15 heteroatoms. The third-order valence-electron chi connectivity index (χ3n) is 5.48. The van der Waals surface area contributed by atoms with Crippen molar-refractivity contribution in [2.24, 2.45) is 0 Å². The van der Waals surface area contributed by atoms with Crippen molar-refractivity contribution in [2.45, 2.75) is 18.8 Å². The Bertz CT molecular complexity index is 1580. The molecule has 8 nitrogen and oxygen atoms in total. The van der Waals surface area contributed by atoms with Crippen LogP contribution in [0.3, 0.4) is 0 Å². The normalized spacial score (nSPS) is 12.7. The molecule has 0 amide bonds. The fourth-order valence-corrected chi connectivity index (χ4v) is 3.75. The Balaban J connectivity index is 0.000000288. The molecule has 1 aliphatic rings. The number of aromatic nitrogens is 3. The number of nitrogens with zero attached hydrogens (tertiary/aromatic N) is 3. The Kier molecular flexibility index (Phi) is 8.95. The van der Waals surface area contributed by atoms with Crippen LogP contribution in [0.15, 0.2) is 73.2 Å². The minimum atomic E-state index is -5.77. The fraction of sp³-hybridized carbons (Fsp3) is 0.148. The summed E-state index contributed by atoms with van der Waals surface area (Å²) in [5.41, 5.74) is 5.05. The van der Waals surface area contributed by atoms with Crippen molar-refractivity contribution in [3.05, 3.63) is 83.8 Å². The highest BCUT2D eigenvalue weighted by Gasteiger charge is 2.54. The quantitative estimate of drug-likeness (QED) is 0.188. The van der Waals surface area contributed by atoms with Gasteiger partial charge in [0.15, 0.2) is 5.82 Å². The van der Waals surface area contributed by atoms with E-state index in [0.29, 0.717) is 23.4 Å². The summed E-state index contributed by atoms with van der Waals surface area (Å²) in [4.78, 5) is 32.2. The Morgan fingerprint density at radius 2 is 1.52 bits per heavy atom. The van der Waals surface area contributed by atoms with Gasteiger partial charge in [0, 0.05) is 36.3 Å². The second-order valence-electron chi connectivity index (χ2n) is 8.57. The van der Waals surface area contributed by atoms with Crippen LogP contribution >= 0.6 is 11.6 Å². The van der Waals surface area contributed by atoms with Crippen LogP contribution < -0.4 is 15.4 Å². The van der Waals surface area contributed by atoms with E-state index in [9.17, 15) is 35.9 Å². The molecule has 5 rings (SSSR count). The zero-order valence-corrected chi connectivity index (χ0v) is 21.8. The van der Waals surface area contributed by atoms with Crippen molar-refractivity contribution in [3.8, 4) is 16.9 Å². The summed E-state index contributed by atoms with van der Waals surface area (Å²) >= 11 is 6.31. The first kappa shape index (κ1) is 30.2. The number of Topliss-reactive ketones (excluding diaryl/α,β-unsaturated/α-hetero) is 2. The monoisotopic (exact) mass is 609 g/mol. The smallest absolute Gasteiger partial charge is 0.458 e. The Labute approximate surface area is 238 Å². The van der Waals surface area contributed by atoms with Gasteiger partial charge >= 0.3 is 23.9 Å². The Morgan fingerprint density at radius 3 is 2.19 bits per heavy atom. The van der Waals surface area contributed by atoms with Crippen LogP contribution in [0.25, 0.3) is 11.1 Å². The zero-order chi connectivity index (χ0) is 30.5. The number of hydrogen-bond donors (Lipinski definition) is 2. The van der Waals surface area contributed by atoms with Gasteiger partial charge in [0.2, 0.25) is 5.95 Å². The number of ketones is 2. The van der Waals surface area contributed by atoms with Crippen LogP contribution in [-0.2, 0) is 16.0 Å². The number of nitrogens with one attached hydrogen (secondary N) is 2. The maximum absolute atomic E-state index is 11.2. The average molecular weight is 610 g/mol. The van der Waals surface area contributed by atoms with Gasteiger partial charge in [-0.1, -0.05) is 23.7 Å². The van der Waals surface area contributed by atoms with E-state index in [1.807, 2.05) is 36.4 Å². The molecule has 0 aliphatic carbocycles. The third kappa shape index (κ3) is 7.94. The zero-order valence-electron chi connectivity index (χ0n) is 21.1. The summed E-state index contributed by atoms with van der Waals surface area (Å²) in [5.74, 6) is -5.05. The molecule has 4 aromatic rings. The molecule has 0 radical (unpaired) electrons. The van der Waals surface area contributed by atoms with E-state index in [4.69, 9.17) is 16.3 Å². The number of rotatable bonds is 2. The van der Waals surface area contributed by atoms with Gasteiger partial charge in [-0.2, -0.15) is 31.3 Å². The van der Waals surface area contributed by atoms with E-state index in [1.165, 1.54) is 0 Å². The number of anilines is 4. The predicted octanol–water partition coefficient (Wildman–Crippen LogP) is 6.86. The van der Waals surface area contributed by atoms with Gasteiger partial charge in [0.1, 0.15) is 10.8 Å². The lowest BCUT2D eigenvalue weighted by molar-refractivity contribution is -0.193. The molecule has 1 aliphatic heterocycles. The van der Waals surface area contributed by atoms with Gasteiger partial charge in [-0.15, -0.1) is 0 Å². The van der Waals surface area contributed by atoms with Crippen LogP contribution in [0.2, 0.25) is 5.02 Å². The number of pyridine rings is 1. The lowest BCUT2D eigenvalue weighted by Gasteiger charge is -2.15. The number of fused-ring (bicyclic) bond motifs is 6. The second-order valence-corrected chi connectivity index (χ2v) is 8.98. The summed E-state index contributed by atoms with van der Waals surface area (Å²) in [7, 11) is 0. The first-order chi connectivity index (χ1) is 19.8. The molecule has 0 saturated heterocycles. The van der Waals surface area contributed by atoms with Crippen LogP contribution in [0.4, 0.5) is 49.5 Å². The van der Waals surface area contributed by atoms with Crippen molar-refractivity contribution in [2.75, 3.05) is 17.2 Å². The van der Waals surface area contributed by atoms with Crippen LogP contribution in [0.5, 0.6) is 5.75 Å². The molecule has 42 heavy (non-hydrogen) atoms. The molecule has 0 fully saturated rings. The number of alkyl halides is 6. The summed E-state index contributed by atoms with van der Waals surface area (Å²) in [6, 6.07) is 18.0. The molecular weight excluding hydrogens is 592 g/mol. The summed E-state index contributed by atoms with van der Waals surface area (Å²) in [5, 5.41) is 6.98. The molecule has 3 heterocycles. The number of benzene rings is 2. The van der Waals surface area contributed by atoms with E-state index in [-0.39, 0.29) is 0 Å². The molecule has 0 unspecified atom stereocenters. The number of ether oxygens (including phenoxy) is 1. The maximum Gasteiger partial charge on any atom is 0.458 e. The highest BCUT2D eigenvalue weighted by atomic mass is 35.5. The summed E-state index contributed by atoms with van der Waals surface area (Å²) < 4.78 is 72.9. The topological polar surface area (TPSA) is 106 Å². The minimum Gasteiger partial charge on any atom is -0.493 e. The standard InChI is InChI=1S/C23H18ClN5O.C4F6O2/c24-21-14-26-23-28-19-11-15(10-17(12-19)16-4-7-25-8-5-16)6-9-30-20-3-1-2-18(13-20)27-22(21)29-23;5-3(6,7)1(11)2(12)4(8,9)10/h1-5,7-8,10-14H,6,9H2,(H2,26,27,28,29);. The Hall–Kier alpha value is -4.72. The van der Waals surface area contributed by atoms with E-state index in [2.05, 4.69) is 43.8 Å². The molecule has 6 bridgehead atoms. The van der Waals surface area contributed by atoms with Gasteiger partial charge in [-0.05, 0) is 53.1 Å². The van der Waals surface area contributed by atoms with E-state index < -0.39 is 23.9 Å². The van der Waals surface area contributed by atoms with Gasteiger partial charge < -0.3 is 15.4 Å². The molecule has 2 aromatic heterocycles.